The molecular formula is C25H24F9N3O. The molecule has 0 saturated carbocycles. The summed E-state index contributed by atoms with van der Waals surface area (Å²) in [7, 11) is 0. The largest absolute Gasteiger partial charge is 0.416 e. The quantitative estimate of drug-likeness (QED) is 0.412. The summed E-state index contributed by atoms with van der Waals surface area (Å²) in [5, 5.41) is 1.90. The minimum atomic E-state index is -5.15. The number of nitrogens with one attached hydrogen (secondary N) is 1. The number of alkyl halides is 9. The van der Waals surface area contributed by atoms with Crippen molar-refractivity contribution in [1.29, 1.82) is 0 Å². The van der Waals surface area contributed by atoms with E-state index in [4.69, 9.17) is 0 Å². The number of rotatable bonds is 4. The van der Waals surface area contributed by atoms with Crippen LogP contribution in [0.5, 0.6) is 0 Å². The maximum Gasteiger partial charge on any atom is 0.416 e. The molecule has 1 amide bonds. The Balaban J connectivity index is 1.61. The van der Waals surface area contributed by atoms with Gasteiger partial charge in [0.25, 0.3) is 5.91 Å². The van der Waals surface area contributed by atoms with Crippen molar-refractivity contribution in [2.24, 2.45) is 0 Å². The van der Waals surface area contributed by atoms with Crippen LogP contribution < -0.4 is 10.2 Å². The Morgan fingerprint density at radius 3 is 1.68 bits per heavy atom. The fourth-order valence-corrected chi connectivity index (χ4v) is 4.91. The number of amides is 1. The lowest BCUT2D eigenvalue weighted by Crippen LogP contribution is -2.44. The summed E-state index contributed by atoms with van der Waals surface area (Å²) in [5.74, 6) is -1.27. The third kappa shape index (κ3) is 6.54. The van der Waals surface area contributed by atoms with Crippen LogP contribution in [0.3, 0.4) is 0 Å². The smallest absolute Gasteiger partial charge is 0.371 e. The zero-order chi connectivity index (χ0) is 27.9. The molecule has 0 bridgehead atoms. The fraction of sp³-hybridized carbons (Fsp3) is 0.480. The Labute approximate surface area is 212 Å². The zero-order valence-electron chi connectivity index (χ0n) is 19.9. The SMILES string of the molecule is O=C(Nc1cc(C(F)(F)F)cc(C(F)(F)F)c1)c1cc(N2CCC(N3CCCC3)CC2)cc(C(F)(F)F)c1. The highest BCUT2D eigenvalue weighted by molar-refractivity contribution is 6.05. The van der Waals surface area contributed by atoms with Gasteiger partial charge in [0.1, 0.15) is 0 Å². The minimum absolute atomic E-state index is 0.102. The lowest BCUT2D eigenvalue weighted by atomic mass is 10.0. The van der Waals surface area contributed by atoms with Gasteiger partial charge < -0.3 is 15.1 Å². The zero-order valence-corrected chi connectivity index (χ0v) is 19.9. The number of benzene rings is 2. The summed E-state index contributed by atoms with van der Waals surface area (Å²) in [6.07, 6.45) is -11.5. The molecule has 13 heteroatoms. The second-order valence-electron chi connectivity index (χ2n) is 9.48. The molecule has 2 saturated heterocycles. The molecule has 2 aromatic rings. The van der Waals surface area contributed by atoms with Crippen molar-refractivity contribution in [2.45, 2.75) is 50.3 Å². The van der Waals surface area contributed by atoms with Crippen LogP contribution in [-0.2, 0) is 18.5 Å². The summed E-state index contributed by atoms with van der Waals surface area (Å²) in [5.41, 5.74) is -5.75. The first-order valence-electron chi connectivity index (χ1n) is 11.9. The number of carbonyl (C=O) groups is 1. The molecule has 0 aromatic heterocycles. The van der Waals surface area contributed by atoms with E-state index in [0.717, 1.165) is 32.0 Å². The van der Waals surface area contributed by atoms with Crippen LogP contribution in [0.4, 0.5) is 50.9 Å². The number of hydrogen-bond donors (Lipinski definition) is 1. The molecule has 2 aromatic carbocycles. The summed E-state index contributed by atoms with van der Waals surface area (Å²) in [6, 6.07) is 3.37. The van der Waals surface area contributed by atoms with E-state index in [1.54, 1.807) is 4.90 Å². The van der Waals surface area contributed by atoms with Gasteiger partial charge >= 0.3 is 18.5 Å². The van der Waals surface area contributed by atoms with Crippen molar-refractivity contribution in [3.8, 4) is 0 Å². The molecule has 0 atom stereocenters. The van der Waals surface area contributed by atoms with Crippen LogP contribution in [0.2, 0.25) is 0 Å². The highest BCUT2D eigenvalue weighted by atomic mass is 19.4. The fourth-order valence-electron chi connectivity index (χ4n) is 4.91. The predicted molar refractivity (Wildman–Crippen MR) is 122 cm³/mol. The maximum atomic E-state index is 13.6. The first-order valence-corrected chi connectivity index (χ1v) is 11.9. The van der Waals surface area contributed by atoms with E-state index in [9.17, 15) is 44.3 Å². The Morgan fingerprint density at radius 2 is 1.18 bits per heavy atom. The van der Waals surface area contributed by atoms with Gasteiger partial charge in [-0.05, 0) is 75.2 Å². The minimum Gasteiger partial charge on any atom is -0.371 e. The number of carbonyl (C=O) groups excluding carboxylic acids is 1. The van der Waals surface area contributed by atoms with E-state index < -0.39 is 52.4 Å². The van der Waals surface area contributed by atoms with Gasteiger partial charge in [-0.15, -0.1) is 0 Å². The normalized spacial score (nSPS) is 18.2. The number of halogens is 9. The molecule has 0 spiro atoms. The van der Waals surface area contributed by atoms with Gasteiger partial charge in [-0.2, -0.15) is 39.5 Å². The predicted octanol–water partition coefficient (Wildman–Crippen LogP) is 7.06. The van der Waals surface area contributed by atoms with Gasteiger partial charge in [0.05, 0.1) is 16.7 Å². The monoisotopic (exact) mass is 553 g/mol. The van der Waals surface area contributed by atoms with Gasteiger partial charge in [0.15, 0.2) is 0 Å². The van der Waals surface area contributed by atoms with Crippen LogP contribution in [0, 0.1) is 0 Å². The summed E-state index contributed by atoms with van der Waals surface area (Å²) < 4.78 is 120. The highest BCUT2D eigenvalue weighted by Gasteiger charge is 2.37. The Bertz CT molecular complexity index is 1130. The van der Waals surface area contributed by atoms with Gasteiger partial charge in [-0.3, -0.25) is 4.79 Å². The summed E-state index contributed by atoms with van der Waals surface area (Å²) in [4.78, 5) is 16.9. The second kappa shape index (κ2) is 10.3. The van der Waals surface area contributed by atoms with Gasteiger partial charge in [-0.1, -0.05) is 0 Å². The summed E-state index contributed by atoms with van der Waals surface area (Å²) >= 11 is 0. The molecule has 2 aliphatic heterocycles. The van der Waals surface area contributed by atoms with Crippen molar-refractivity contribution in [3.63, 3.8) is 0 Å². The molecule has 0 unspecified atom stereocenters. The van der Waals surface area contributed by atoms with Gasteiger partial charge in [-0.25, -0.2) is 0 Å². The Hall–Kier alpha value is -2.96. The highest BCUT2D eigenvalue weighted by Crippen LogP contribution is 2.38. The molecule has 4 nitrogen and oxygen atoms in total. The number of hydrogen-bond acceptors (Lipinski definition) is 3. The van der Waals surface area contributed by atoms with Crippen LogP contribution in [0.15, 0.2) is 36.4 Å². The second-order valence-corrected chi connectivity index (χ2v) is 9.48. The molecule has 2 aliphatic rings. The molecule has 4 rings (SSSR count). The molecule has 0 radical (unpaired) electrons. The van der Waals surface area contributed by atoms with Crippen LogP contribution in [0.25, 0.3) is 0 Å². The number of anilines is 2. The number of piperidine rings is 1. The van der Waals surface area contributed by atoms with Gasteiger partial charge in [0, 0.05) is 36.1 Å². The number of likely N-dealkylation sites (tertiary alicyclic amines) is 1. The molecule has 208 valence electrons. The Morgan fingerprint density at radius 1 is 0.684 bits per heavy atom. The summed E-state index contributed by atoms with van der Waals surface area (Å²) in [6.45, 7) is 2.83. The average molecular weight is 553 g/mol. The van der Waals surface area contributed by atoms with Crippen LogP contribution in [-0.4, -0.2) is 43.0 Å². The van der Waals surface area contributed by atoms with Gasteiger partial charge in [0.2, 0.25) is 0 Å². The standard InChI is InChI=1S/C25H24F9N3O/c26-23(27,28)16-9-15(10-21(14-16)37-7-3-20(4-8-37)36-5-1-2-6-36)22(38)35-19-12-17(24(29,30)31)11-18(13-19)25(32,33)34/h9-14,20H,1-8H2,(H,35,38). The van der Waals surface area contributed by atoms with E-state index in [1.807, 2.05) is 5.32 Å². The lowest BCUT2D eigenvalue weighted by Gasteiger charge is -2.38. The maximum absolute atomic E-state index is 13.6. The van der Waals surface area contributed by atoms with Crippen molar-refractivity contribution in [3.05, 3.63) is 58.7 Å². The van der Waals surface area contributed by atoms with E-state index >= 15 is 0 Å². The third-order valence-corrected chi connectivity index (χ3v) is 6.84. The molecule has 2 heterocycles. The molecule has 0 aliphatic carbocycles. The average Bonchev–Trinajstić information content (AvgIpc) is 3.37. The lowest BCUT2D eigenvalue weighted by molar-refractivity contribution is -0.143. The first-order chi connectivity index (χ1) is 17.6. The third-order valence-electron chi connectivity index (χ3n) is 6.84. The van der Waals surface area contributed by atoms with E-state index in [-0.39, 0.29) is 11.8 Å². The molecule has 1 N–H and O–H groups in total. The van der Waals surface area contributed by atoms with Crippen LogP contribution in [0.1, 0.15) is 52.7 Å². The molecule has 38 heavy (non-hydrogen) atoms. The number of nitrogens with zero attached hydrogens (tertiary/aromatic N) is 2. The molecular weight excluding hydrogens is 529 g/mol. The topological polar surface area (TPSA) is 35.6 Å². The van der Waals surface area contributed by atoms with Crippen molar-refractivity contribution in [1.82, 2.24) is 4.90 Å². The van der Waals surface area contributed by atoms with Crippen LogP contribution >= 0.6 is 0 Å². The van der Waals surface area contributed by atoms with E-state index in [0.29, 0.717) is 50.2 Å². The Kier molecular flexibility index (Phi) is 7.61. The van der Waals surface area contributed by atoms with Crippen molar-refractivity contribution < 1.29 is 44.3 Å². The van der Waals surface area contributed by atoms with Crippen molar-refractivity contribution >= 4 is 17.3 Å². The first kappa shape index (κ1) is 28.1. The van der Waals surface area contributed by atoms with E-state index in [1.165, 1.54) is 6.07 Å². The molecule has 2 fully saturated rings. The van der Waals surface area contributed by atoms with Crippen molar-refractivity contribution in [2.75, 3.05) is 36.4 Å². The van der Waals surface area contributed by atoms with E-state index in [2.05, 4.69) is 4.90 Å².